The average molecular weight is 1900 g/mol. The van der Waals surface area contributed by atoms with Gasteiger partial charge in [0.05, 0.1) is 69.6 Å². The first-order chi connectivity index (χ1) is 64.1. The third-order valence-corrected chi connectivity index (χ3v) is 23.8. The molecule has 0 aliphatic carbocycles. The Morgan fingerprint density at radius 3 is 1.40 bits per heavy atom. The Morgan fingerprint density at radius 2 is 0.925 bits per heavy atom. The fourth-order valence-corrected chi connectivity index (χ4v) is 16.4. The summed E-state index contributed by atoms with van der Waals surface area (Å²) in [5.74, 6) is -5.75. The van der Waals surface area contributed by atoms with E-state index >= 15 is 0 Å². The number of rotatable bonds is 53. The van der Waals surface area contributed by atoms with Crippen molar-refractivity contribution in [3.05, 3.63) is 144 Å². The number of nitrogens with two attached hydrogens (primary N) is 2. The minimum atomic E-state index is -1.55. The maximum Gasteiger partial charge on any atom is 0.258 e. The molecule has 49 heteroatoms. The molecule has 2 aromatic heterocycles. The minimum absolute atomic E-state index is 0.00855. The number of para-hydroxylation sites is 2. The number of ether oxygens (including phenoxy) is 6. The largest absolute Gasteiger partial charge is 0.484 e. The van der Waals surface area contributed by atoms with E-state index in [2.05, 4.69) is 89.7 Å². The summed E-state index contributed by atoms with van der Waals surface area (Å²) in [6.45, 7) is -1.47. The second-order valence-electron chi connectivity index (χ2n) is 31.6. The zero-order valence-corrected chi connectivity index (χ0v) is 74.1. The first-order valence-electron chi connectivity index (χ1n) is 43.3. The summed E-state index contributed by atoms with van der Waals surface area (Å²) < 4.78 is 36.4. The molecule has 47 nitrogen and oxygen atoms in total. The second kappa shape index (κ2) is 53.3. The summed E-state index contributed by atoms with van der Waals surface area (Å²) in [4.78, 5) is 150. The average Bonchev–Trinajstić information content (AvgIpc) is 1.68. The van der Waals surface area contributed by atoms with Gasteiger partial charge in [-0.25, -0.2) is 0 Å². The number of aromatic nitrogens is 6. The number of hydrogen-bond donors (Lipinski definition) is 24. The fraction of sp³-hybridized carbons (Fsp3) is 0.524. The molecule has 11 amide bonds. The molecule has 6 heterocycles. The molecule has 0 bridgehead atoms. The number of guanidine groups is 1. The summed E-state index contributed by atoms with van der Waals surface area (Å²) in [6, 6.07) is 22.1. The lowest BCUT2D eigenvalue weighted by Crippen LogP contribution is -2.57. The van der Waals surface area contributed by atoms with Crippen molar-refractivity contribution in [2.24, 2.45) is 11.5 Å². The molecule has 6 aromatic rings. The van der Waals surface area contributed by atoms with Gasteiger partial charge in [-0.2, -0.15) is 0 Å². The van der Waals surface area contributed by atoms with E-state index in [1.54, 1.807) is 122 Å². The van der Waals surface area contributed by atoms with E-state index in [-0.39, 0.29) is 134 Å². The highest BCUT2D eigenvalue weighted by molar-refractivity contribution is 8.00. The van der Waals surface area contributed by atoms with Crippen LogP contribution in [-0.2, 0) is 88.0 Å². The second-order valence-corrected chi connectivity index (χ2v) is 33.9. The number of carbonyl (C=O) groups is 11. The summed E-state index contributed by atoms with van der Waals surface area (Å²) in [7, 11) is 0. The van der Waals surface area contributed by atoms with Crippen LogP contribution in [0.25, 0.3) is 0 Å². The van der Waals surface area contributed by atoms with E-state index in [9.17, 15) is 93.6 Å². The van der Waals surface area contributed by atoms with Crippen LogP contribution in [0.2, 0.25) is 0 Å². The molecule has 4 fully saturated rings. The zero-order valence-electron chi connectivity index (χ0n) is 72.5. The molecule has 133 heavy (non-hydrogen) atoms. The molecule has 0 unspecified atom stereocenters. The first kappa shape index (κ1) is 103. The van der Waals surface area contributed by atoms with E-state index in [0.717, 1.165) is 23.5 Å². The van der Waals surface area contributed by atoms with Crippen LogP contribution in [0, 0.1) is 5.41 Å². The highest BCUT2D eigenvalue weighted by Crippen LogP contribution is 2.35. The fourth-order valence-electron chi connectivity index (χ4n) is 14.3. The Bertz CT molecular complexity index is 4770. The maximum absolute atomic E-state index is 14.3. The van der Waals surface area contributed by atoms with Crippen LogP contribution in [0.3, 0.4) is 0 Å². The molecule has 10 rings (SSSR count). The van der Waals surface area contributed by atoms with Gasteiger partial charge in [-0.05, 0) is 118 Å². The number of hydrogen-bond acceptors (Lipinski definition) is 34. The maximum atomic E-state index is 14.3. The number of carbonyl (C=O) groups excluding carboxylic acids is 11. The van der Waals surface area contributed by atoms with Crippen LogP contribution in [0.1, 0.15) is 77.0 Å². The predicted molar refractivity (Wildman–Crippen MR) is 472 cm³/mol. The lowest BCUT2D eigenvalue weighted by Gasteiger charge is -2.39. The van der Waals surface area contributed by atoms with Crippen LogP contribution < -0.4 is 90.1 Å². The standard InChI is InChI=1S/C84H116N22O25S2/c85-74(118)57(15-9-25-92-84(86)87)97-65(109)44-127-33-32-126-31-28-91-77(121)58(100-79(123)60-35-50(39-94-60)96-81(125)62(99-67(111)46-129-54-12-5-2-6-13-54)37-52-41-106(104-102-52)30-27-90-76(120)48-18-22-56(23-19-48)133-83-73(117)71(115)69(113)64(43-108)131-83)14-7-8-24-88-78(122)59-34-49(38-93-59)95-80(124)61(98-66(110)45-128-53-10-3-1-4-11-53)36-51-40-105(103-101-51)29-26-89-75(119)47-16-20-55(21-17-47)132-82-72(116)70(114)68(112)63(42-107)130-82/h1-6,10-13,16-23,40-41,49-50,57-64,68-73,82-83,93-94,107-108,112-117H,7-9,14-15,24-39,42-46H2,(H2,85,118)(H,88,122)(H,89,119)(H,90,120)(H,91,121)(H,95,124)(H,96,125)(H,97,109)(H,98,110)(H,99,111)(H,100,123)(H4,86,87,92)/t49-,50-,57-,58-,59-,60-,61-,62-,63+,64+,68-,69-,70-,71-,72+,73+,82-,83-/m0/s1. The van der Waals surface area contributed by atoms with E-state index in [1.807, 2.05) is 0 Å². The highest BCUT2D eigenvalue weighted by atomic mass is 32.2. The monoisotopic (exact) mass is 1900 g/mol. The Hall–Kier alpha value is -11.7. The van der Waals surface area contributed by atoms with Crippen molar-refractivity contribution in [3.63, 3.8) is 0 Å². The normalized spacial score (nSPS) is 22.4. The highest BCUT2D eigenvalue weighted by Gasteiger charge is 2.46. The Balaban J connectivity index is 0.698. The molecular weight excluding hydrogens is 1780 g/mol. The molecular formula is C84H116N22O25S2. The van der Waals surface area contributed by atoms with Crippen LogP contribution in [0.4, 0.5) is 0 Å². The molecule has 4 aliphatic heterocycles. The van der Waals surface area contributed by atoms with Gasteiger partial charge >= 0.3 is 0 Å². The van der Waals surface area contributed by atoms with Crippen molar-refractivity contribution >= 4 is 94.5 Å². The number of benzene rings is 4. The van der Waals surface area contributed by atoms with Gasteiger partial charge in [0, 0.05) is 104 Å². The lowest BCUT2D eigenvalue weighted by atomic mass is 10.0. The quantitative estimate of drug-likeness (QED) is 0.00958. The third-order valence-electron chi connectivity index (χ3n) is 21.5. The molecule has 18 atom stereocenters. The number of aliphatic hydroxyl groups is 8. The van der Waals surface area contributed by atoms with Gasteiger partial charge in [0.2, 0.25) is 41.4 Å². The van der Waals surface area contributed by atoms with Gasteiger partial charge in [0.1, 0.15) is 102 Å². The molecule has 0 saturated carbocycles. The van der Waals surface area contributed by atoms with Crippen molar-refractivity contribution in [1.29, 1.82) is 5.41 Å². The molecule has 0 radical (unpaired) electrons. The zero-order chi connectivity index (χ0) is 95.3. The molecule has 4 aliphatic rings. The van der Waals surface area contributed by atoms with Crippen molar-refractivity contribution in [3.8, 4) is 11.5 Å². The molecule has 724 valence electrons. The lowest BCUT2D eigenvalue weighted by molar-refractivity contribution is -0.205. The number of nitrogens with one attached hydrogen (secondary N) is 14. The van der Waals surface area contributed by atoms with Crippen LogP contribution >= 0.6 is 23.5 Å². The SMILES string of the molecule is N=C(N)NCCC[C@H](NC(=O)COCCOCCNC(=O)[C@H](CCCCNC(=O)[C@@H]1C[C@H](NC(=O)[C@H](Cc2cn(CCNC(=O)c3ccc(S[C@@H]4O[C@H](CO)[C@H](O)[C@H](O)[C@H]4O)cc3)nn2)NC(=O)COc2ccccc2)CN1)NC(=O)[C@@H]1C[C@H](NC(=O)[C@H](Cc2cn(CCNC(=O)c3ccc(S[C@@H]4O[C@H](CO)[C@H](O)[C@H](O)[C@H]4O)cc3)nn2)NC(=O)COc2ccccc2)CN1)C(N)=O. The number of thioether (sulfide) groups is 2. The molecule has 26 N–H and O–H groups in total. The van der Waals surface area contributed by atoms with E-state index < -0.39 is 206 Å². The topological polar surface area (TPSA) is 699 Å². The smallest absolute Gasteiger partial charge is 0.258 e. The van der Waals surface area contributed by atoms with Gasteiger partial charge < -0.3 is 150 Å². The van der Waals surface area contributed by atoms with Crippen molar-refractivity contribution in [1.82, 2.24) is 99.1 Å². The summed E-state index contributed by atoms with van der Waals surface area (Å²) in [5.41, 5.74) is 9.90. The third kappa shape index (κ3) is 33.5. The van der Waals surface area contributed by atoms with Gasteiger partial charge in [0.15, 0.2) is 19.2 Å². The Labute approximate surface area is 771 Å². The molecule has 0 spiro atoms. The Kier molecular flexibility index (Phi) is 41.4. The van der Waals surface area contributed by atoms with Crippen molar-refractivity contribution in [2.45, 2.75) is 189 Å². The van der Waals surface area contributed by atoms with Crippen LogP contribution in [0.5, 0.6) is 11.5 Å². The van der Waals surface area contributed by atoms with Crippen molar-refractivity contribution in [2.75, 3.05) is 98.7 Å². The number of aliphatic hydroxyl groups excluding tert-OH is 8. The first-order valence-corrected chi connectivity index (χ1v) is 45.0. The number of primary amides is 1. The van der Waals surface area contributed by atoms with Crippen LogP contribution in [0.15, 0.2) is 131 Å². The number of amides is 11. The van der Waals surface area contributed by atoms with Gasteiger partial charge in [0.25, 0.3) is 23.6 Å². The summed E-state index contributed by atoms with van der Waals surface area (Å²) in [6.07, 6.45) is -6.96. The Morgan fingerprint density at radius 1 is 0.474 bits per heavy atom. The summed E-state index contributed by atoms with van der Waals surface area (Å²) >= 11 is 2.07. The van der Waals surface area contributed by atoms with Gasteiger partial charge in [-0.3, -0.25) is 67.5 Å². The number of nitrogens with zero attached hydrogens (tertiary/aromatic N) is 6. The molecule has 4 saturated heterocycles. The minimum Gasteiger partial charge on any atom is -0.484 e. The van der Waals surface area contributed by atoms with E-state index in [4.69, 9.17) is 45.3 Å². The molecule has 4 aromatic carbocycles. The number of unbranched alkanes of at least 4 members (excludes halogenated alkanes) is 1. The van der Waals surface area contributed by atoms with E-state index in [1.165, 1.54) is 9.36 Å². The predicted octanol–water partition coefficient (Wildman–Crippen LogP) is -7.73. The van der Waals surface area contributed by atoms with Gasteiger partial charge in [-0.15, -0.1) is 10.2 Å². The van der Waals surface area contributed by atoms with E-state index in [0.29, 0.717) is 51.8 Å². The summed E-state index contributed by atoms with van der Waals surface area (Å²) in [5, 5.41) is 142. The van der Waals surface area contributed by atoms with Crippen molar-refractivity contribution < 1.29 is 122 Å². The van der Waals surface area contributed by atoms with Crippen LogP contribution in [-0.4, -0.2) is 348 Å². The van der Waals surface area contributed by atoms with Gasteiger partial charge in [-0.1, -0.05) is 70.3 Å².